The van der Waals surface area contributed by atoms with Crippen LogP contribution in [0.3, 0.4) is 0 Å². The van der Waals surface area contributed by atoms with Crippen molar-refractivity contribution in [2.45, 2.75) is 6.54 Å². The van der Waals surface area contributed by atoms with E-state index in [4.69, 9.17) is 10.2 Å². The zero-order valence-corrected chi connectivity index (χ0v) is 5.28. The standard InChI is InChI=1S/C6H7N2O2/c7-6(9)8-4-5-2-1-3-10-5/h1-3H,4H2,(H2,7,9). The Balaban J connectivity index is 2.35. The predicted octanol–water partition coefficient (Wildman–Crippen LogP) is 0.463. The number of urea groups is 1. The average Bonchev–Trinajstić information content (AvgIpc) is 2.34. The van der Waals surface area contributed by atoms with Crippen molar-refractivity contribution in [3.05, 3.63) is 24.2 Å². The van der Waals surface area contributed by atoms with Gasteiger partial charge in [-0.3, -0.25) is 0 Å². The van der Waals surface area contributed by atoms with Crippen molar-refractivity contribution in [2.24, 2.45) is 5.73 Å². The minimum Gasteiger partial charge on any atom is -0.467 e. The highest BCUT2D eigenvalue weighted by atomic mass is 16.3. The van der Waals surface area contributed by atoms with Crippen LogP contribution in [0.25, 0.3) is 0 Å². The van der Waals surface area contributed by atoms with E-state index in [1.165, 1.54) is 6.26 Å². The van der Waals surface area contributed by atoms with Crippen molar-refractivity contribution >= 4 is 6.03 Å². The van der Waals surface area contributed by atoms with Crippen molar-refractivity contribution < 1.29 is 9.21 Å². The number of hydrogen-bond donors (Lipinski definition) is 1. The summed E-state index contributed by atoms with van der Waals surface area (Å²) in [6.45, 7) is 0.225. The Bertz CT molecular complexity index is 206. The van der Waals surface area contributed by atoms with E-state index in [1.54, 1.807) is 12.1 Å². The van der Waals surface area contributed by atoms with Crippen LogP contribution in [0.4, 0.5) is 4.79 Å². The third-order valence-corrected chi connectivity index (χ3v) is 0.971. The van der Waals surface area contributed by atoms with Crippen LogP contribution < -0.4 is 11.1 Å². The van der Waals surface area contributed by atoms with Gasteiger partial charge in [-0.15, -0.1) is 0 Å². The zero-order valence-electron chi connectivity index (χ0n) is 5.28. The molecule has 0 aliphatic heterocycles. The van der Waals surface area contributed by atoms with Crippen LogP contribution in [0, 0.1) is 0 Å². The molecule has 2 N–H and O–H groups in total. The van der Waals surface area contributed by atoms with Crippen molar-refractivity contribution in [3.63, 3.8) is 0 Å². The molecule has 4 heteroatoms. The summed E-state index contributed by atoms with van der Waals surface area (Å²) in [5.41, 5.74) is 4.76. The Morgan fingerprint density at radius 3 is 3.10 bits per heavy atom. The molecule has 0 aromatic carbocycles. The average molecular weight is 139 g/mol. The molecule has 0 fully saturated rings. The molecule has 2 amide bonds. The molecule has 1 aromatic rings. The first-order valence-corrected chi connectivity index (χ1v) is 2.78. The molecule has 1 aromatic heterocycles. The van der Waals surface area contributed by atoms with Crippen LogP contribution in [0.2, 0.25) is 0 Å². The molecule has 1 heterocycles. The normalized spacial score (nSPS) is 9.20. The van der Waals surface area contributed by atoms with Crippen LogP contribution >= 0.6 is 0 Å². The second-order valence-electron chi connectivity index (χ2n) is 1.73. The van der Waals surface area contributed by atoms with Gasteiger partial charge < -0.3 is 10.2 Å². The lowest BCUT2D eigenvalue weighted by atomic mass is 10.4. The molecule has 10 heavy (non-hydrogen) atoms. The lowest BCUT2D eigenvalue weighted by molar-refractivity contribution is 0.247. The minimum atomic E-state index is -0.670. The van der Waals surface area contributed by atoms with Gasteiger partial charge in [0, 0.05) is 0 Å². The van der Waals surface area contributed by atoms with Gasteiger partial charge in [-0.05, 0) is 12.1 Å². The SMILES string of the molecule is NC(=O)[N]Cc1ccco1. The number of primary amides is 1. The number of rotatable bonds is 2. The van der Waals surface area contributed by atoms with E-state index in [-0.39, 0.29) is 6.54 Å². The first-order chi connectivity index (χ1) is 4.79. The second kappa shape index (κ2) is 2.91. The molecule has 0 aliphatic rings. The maximum atomic E-state index is 10.1. The molecule has 1 rings (SSSR count). The second-order valence-corrected chi connectivity index (χ2v) is 1.73. The Kier molecular flexibility index (Phi) is 1.94. The molecule has 0 aliphatic carbocycles. The van der Waals surface area contributed by atoms with Crippen LogP contribution in [-0.2, 0) is 6.54 Å². The minimum absolute atomic E-state index is 0.225. The van der Waals surface area contributed by atoms with Crippen LogP contribution in [-0.4, -0.2) is 6.03 Å². The van der Waals surface area contributed by atoms with Gasteiger partial charge >= 0.3 is 6.03 Å². The summed E-state index contributed by atoms with van der Waals surface area (Å²) in [5, 5.41) is 3.41. The van der Waals surface area contributed by atoms with E-state index < -0.39 is 6.03 Å². The van der Waals surface area contributed by atoms with E-state index in [9.17, 15) is 4.79 Å². The molecule has 0 atom stereocenters. The third kappa shape index (κ3) is 1.81. The lowest BCUT2D eigenvalue weighted by Gasteiger charge is -1.91. The number of amides is 2. The summed E-state index contributed by atoms with van der Waals surface area (Å²) in [7, 11) is 0. The topological polar surface area (TPSA) is 70.3 Å². The fourth-order valence-corrected chi connectivity index (χ4v) is 0.558. The van der Waals surface area contributed by atoms with E-state index in [1.807, 2.05) is 0 Å². The molecular formula is C6H7N2O2. The monoisotopic (exact) mass is 139 g/mol. The maximum Gasteiger partial charge on any atom is 0.334 e. The van der Waals surface area contributed by atoms with E-state index in [0.29, 0.717) is 5.76 Å². The highest BCUT2D eigenvalue weighted by Gasteiger charge is 1.97. The molecule has 4 nitrogen and oxygen atoms in total. The summed E-state index contributed by atoms with van der Waals surface area (Å²) < 4.78 is 4.88. The molecule has 53 valence electrons. The number of furan rings is 1. The number of nitrogens with zero attached hydrogens (tertiary/aromatic N) is 1. The van der Waals surface area contributed by atoms with Gasteiger partial charge in [-0.2, -0.15) is 0 Å². The van der Waals surface area contributed by atoms with Gasteiger partial charge in [0.05, 0.1) is 6.26 Å². The van der Waals surface area contributed by atoms with Crippen LogP contribution in [0.15, 0.2) is 22.8 Å². The number of hydrogen-bond acceptors (Lipinski definition) is 2. The van der Waals surface area contributed by atoms with Gasteiger partial charge in [0.1, 0.15) is 12.3 Å². The van der Waals surface area contributed by atoms with Crippen molar-refractivity contribution in [1.82, 2.24) is 5.32 Å². The lowest BCUT2D eigenvalue weighted by Crippen LogP contribution is -2.21. The van der Waals surface area contributed by atoms with Gasteiger partial charge in [-0.25, -0.2) is 10.1 Å². The zero-order chi connectivity index (χ0) is 7.40. The Morgan fingerprint density at radius 1 is 1.80 bits per heavy atom. The number of carbonyl (C=O) groups excluding carboxylic acids is 1. The maximum absolute atomic E-state index is 10.1. The summed E-state index contributed by atoms with van der Waals surface area (Å²) >= 11 is 0. The van der Waals surface area contributed by atoms with Gasteiger partial charge in [0.15, 0.2) is 0 Å². The largest absolute Gasteiger partial charge is 0.467 e. The van der Waals surface area contributed by atoms with Crippen molar-refractivity contribution in [3.8, 4) is 0 Å². The molecule has 0 bridgehead atoms. The van der Waals surface area contributed by atoms with Gasteiger partial charge in [0.2, 0.25) is 0 Å². The highest BCUT2D eigenvalue weighted by Crippen LogP contribution is 1.98. The smallest absolute Gasteiger partial charge is 0.334 e. The third-order valence-electron chi connectivity index (χ3n) is 0.971. The fraction of sp³-hybridized carbons (Fsp3) is 0.167. The van der Waals surface area contributed by atoms with E-state index in [0.717, 1.165) is 0 Å². The molecule has 0 spiro atoms. The number of nitrogens with two attached hydrogens (primary N) is 1. The van der Waals surface area contributed by atoms with E-state index in [2.05, 4.69) is 5.32 Å². The quantitative estimate of drug-likeness (QED) is 0.646. The highest BCUT2D eigenvalue weighted by molar-refractivity contribution is 5.71. The van der Waals surface area contributed by atoms with Crippen molar-refractivity contribution in [1.29, 1.82) is 0 Å². The molecule has 1 radical (unpaired) electrons. The van der Waals surface area contributed by atoms with E-state index >= 15 is 0 Å². The van der Waals surface area contributed by atoms with Crippen LogP contribution in [0.1, 0.15) is 5.76 Å². The first kappa shape index (κ1) is 6.67. The summed E-state index contributed by atoms with van der Waals surface area (Å²) in [5.74, 6) is 0.638. The Morgan fingerprint density at radius 2 is 2.60 bits per heavy atom. The molecular weight excluding hydrogens is 132 g/mol. The molecule has 0 saturated carbocycles. The first-order valence-electron chi connectivity index (χ1n) is 2.78. The fourth-order valence-electron chi connectivity index (χ4n) is 0.558. The number of carbonyl (C=O) groups is 1. The summed E-state index contributed by atoms with van der Waals surface area (Å²) in [6.07, 6.45) is 1.52. The Hall–Kier alpha value is -1.45. The summed E-state index contributed by atoms with van der Waals surface area (Å²) in [6, 6.07) is 2.79. The molecule has 0 saturated heterocycles. The van der Waals surface area contributed by atoms with Crippen LogP contribution in [0.5, 0.6) is 0 Å². The Labute approximate surface area is 58.0 Å². The van der Waals surface area contributed by atoms with Gasteiger partial charge in [-0.1, -0.05) is 0 Å². The molecule has 0 unspecified atom stereocenters. The predicted molar refractivity (Wildman–Crippen MR) is 34.1 cm³/mol. The van der Waals surface area contributed by atoms with Crippen molar-refractivity contribution in [2.75, 3.05) is 0 Å². The van der Waals surface area contributed by atoms with Gasteiger partial charge in [0.25, 0.3) is 0 Å². The summed E-state index contributed by atoms with van der Waals surface area (Å²) in [4.78, 5) is 10.1.